The van der Waals surface area contributed by atoms with E-state index in [1.54, 1.807) is 0 Å². The summed E-state index contributed by atoms with van der Waals surface area (Å²) in [7, 11) is 1.27. The molecule has 0 fully saturated rings. The maximum absolute atomic E-state index is 11.8. The third-order valence-electron chi connectivity index (χ3n) is 2.95. The maximum atomic E-state index is 11.8. The van der Waals surface area contributed by atoms with E-state index in [1.165, 1.54) is 7.11 Å². The van der Waals surface area contributed by atoms with Crippen LogP contribution in [0.1, 0.15) is 25.3 Å². The van der Waals surface area contributed by atoms with Crippen molar-refractivity contribution in [2.45, 2.75) is 38.3 Å². The minimum absolute atomic E-state index is 0.331. The van der Waals surface area contributed by atoms with Crippen LogP contribution < -0.4 is 5.32 Å². The first-order valence-corrected chi connectivity index (χ1v) is 6.68. The van der Waals surface area contributed by atoms with Crippen molar-refractivity contribution in [3.63, 3.8) is 0 Å². The minimum atomic E-state index is -1.09. The molecular formula is C15H21NO4. The molecule has 0 saturated carbocycles. The molecule has 5 heteroatoms. The van der Waals surface area contributed by atoms with Gasteiger partial charge in [-0.05, 0) is 12.0 Å². The number of aliphatic hydroxyl groups is 1. The smallest absolute Gasteiger partial charge is 0.328 e. The Bertz CT molecular complexity index is 433. The molecule has 0 bridgehead atoms. The lowest BCUT2D eigenvalue weighted by Gasteiger charge is -2.18. The van der Waals surface area contributed by atoms with Gasteiger partial charge in [0.25, 0.3) is 0 Å². The highest BCUT2D eigenvalue weighted by molar-refractivity contribution is 5.86. The van der Waals surface area contributed by atoms with Gasteiger partial charge in [0.15, 0.2) is 0 Å². The van der Waals surface area contributed by atoms with Crippen molar-refractivity contribution in [3.8, 4) is 0 Å². The van der Waals surface area contributed by atoms with Crippen molar-refractivity contribution in [2.75, 3.05) is 7.11 Å². The van der Waals surface area contributed by atoms with Gasteiger partial charge in [-0.25, -0.2) is 4.79 Å². The van der Waals surface area contributed by atoms with Gasteiger partial charge in [-0.3, -0.25) is 4.79 Å². The number of rotatable bonds is 7. The van der Waals surface area contributed by atoms with Crippen molar-refractivity contribution in [2.24, 2.45) is 0 Å². The molecule has 5 nitrogen and oxygen atoms in total. The molecule has 0 spiro atoms. The van der Waals surface area contributed by atoms with Crippen LogP contribution in [0.3, 0.4) is 0 Å². The summed E-state index contributed by atoms with van der Waals surface area (Å²) < 4.78 is 4.69. The fraction of sp³-hybridized carbons (Fsp3) is 0.467. The highest BCUT2D eigenvalue weighted by Crippen LogP contribution is 2.06. The average molecular weight is 279 g/mol. The number of amides is 1. The summed E-state index contributed by atoms with van der Waals surface area (Å²) in [6.07, 6.45) is 0.294. The van der Waals surface area contributed by atoms with Crippen LogP contribution >= 0.6 is 0 Å². The van der Waals surface area contributed by atoms with Gasteiger partial charge in [0.2, 0.25) is 5.91 Å². The molecule has 1 rings (SSSR count). The second-order valence-corrected chi connectivity index (χ2v) is 4.58. The van der Waals surface area contributed by atoms with Crippen molar-refractivity contribution in [1.29, 1.82) is 0 Å². The van der Waals surface area contributed by atoms with Crippen molar-refractivity contribution >= 4 is 11.9 Å². The number of hydrogen-bond acceptors (Lipinski definition) is 4. The molecule has 2 N–H and O–H groups in total. The number of aliphatic hydroxyl groups excluding tert-OH is 1. The summed E-state index contributed by atoms with van der Waals surface area (Å²) in [5.74, 6) is -1.07. The average Bonchev–Trinajstić information content (AvgIpc) is 2.47. The predicted molar refractivity (Wildman–Crippen MR) is 75.0 cm³/mol. The van der Waals surface area contributed by atoms with Gasteiger partial charge in [-0.1, -0.05) is 43.7 Å². The minimum Gasteiger partial charge on any atom is -0.467 e. The molecule has 0 saturated heterocycles. The Morgan fingerprint density at radius 3 is 2.50 bits per heavy atom. The lowest BCUT2D eigenvalue weighted by molar-refractivity contribution is -0.146. The largest absolute Gasteiger partial charge is 0.467 e. The molecule has 1 amide bonds. The van der Waals surface area contributed by atoms with Gasteiger partial charge in [0.05, 0.1) is 7.11 Å². The van der Waals surface area contributed by atoms with Gasteiger partial charge in [-0.15, -0.1) is 0 Å². The first-order chi connectivity index (χ1) is 9.58. The van der Waals surface area contributed by atoms with Gasteiger partial charge in [-0.2, -0.15) is 0 Å². The van der Waals surface area contributed by atoms with Crippen molar-refractivity contribution < 1.29 is 19.4 Å². The van der Waals surface area contributed by atoms with Crippen LogP contribution in [0.4, 0.5) is 0 Å². The Morgan fingerprint density at radius 1 is 1.30 bits per heavy atom. The zero-order valence-corrected chi connectivity index (χ0v) is 11.8. The molecule has 0 aliphatic rings. The molecule has 0 aliphatic carbocycles. The SMILES string of the molecule is CCCC(O)C(=O)N[C@@H](Cc1ccccc1)C(=O)OC. The third kappa shape index (κ3) is 5.01. The molecule has 0 heterocycles. The summed E-state index contributed by atoms with van der Waals surface area (Å²) in [4.78, 5) is 23.5. The maximum Gasteiger partial charge on any atom is 0.328 e. The van der Waals surface area contributed by atoms with Crippen molar-refractivity contribution in [1.82, 2.24) is 5.32 Å². The Morgan fingerprint density at radius 2 is 1.95 bits per heavy atom. The zero-order valence-electron chi connectivity index (χ0n) is 11.8. The molecule has 0 aromatic heterocycles. The van der Waals surface area contributed by atoms with E-state index >= 15 is 0 Å². The number of esters is 1. The summed E-state index contributed by atoms with van der Waals surface area (Å²) in [5, 5.41) is 12.2. The first kappa shape index (κ1) is 16.2. The van der Waals surface area contributed by atoms with Crippen LogP contribution in [0, 0.1) is 0 Å². The molecule has 1 aromatic rings. The number of carbonyl (C=O) groups is 2. The summed E-state index contributed by atoms with van der Waals surface area (Å²) >= 11 is 0. The highest BCUT2D eigenvalue weighted by atomic mass is 16.5. The van der Waals surface area contributed by atoms with Crippen LogP contribution in [0.2, 0.25) is 0 Å². The zero-order chi connectivity index (χ0) is 15.0. The van der Waals surface area contributed by atoms with Crippen LogP contribution in [0.5, 0.6) is 0 Å². The lowest BCUT2D eigenvalue weighted by Crippen LogP contribution is -2.47. The number of benzene rings is 1. The first-order valence-electron chi connectivity index (χ1n) is 6.68. The van der Waals surface area contributed by atoms with Crippen LogP contribution in [0.25, 0.3) is 0 Å². The van der Waals surface area contributed by atoms with E-state index in [1.807, 2.05) is 37.3 Å². The number of nitrogens with one attached hydrogen (secondary N) is 1. The monoisotopic (exact) mass is 279 g/mol. The van der Waals surface area contributed by atoms with Crippen LogP contribution in [0.15, 0.2) is 30.3 Å². The Hall–Kier alpha value is -1.88. The van der Waals surface area contributed by atoms with E-state index < -0.39 is 24.0 Å². The molecule has 110 valence electrons. The number of hydrogen-bond donors (Lipinski definition) is 2. The predicted octanol–water partition coefficient (Wildman–Crippen LogP) is 1.05. The lowest BCUT2D eigenvalue weighted by atomic mass is 10.1. The number of carbonyl (C=O) groups excluding carboxylic acids is 2. The number of ether oxygens (including phenoxy) is 1. The van der Waals surface area contributed by atoms with Gasteiger partial charge < -0.3 is 15.2 Å². The fourth-order valence-electron chi connectivity index (χ4n) is 1.86. The Kier molecular flexibility index (Phi) is 6.73. The molecule has 0 aliphatic heterocycles. The molecule has 1 unspecified atom stereocenters. The van der Waals surface area contributed by atoms with Crippen LogP contribution in [-0.4, -0.2) is 36.2 Å². The molecule has 0 radical (unpaired) electrons. The third-order valence-corrected chi connectivity index (χ3v) is 2.95. The van der Waals surface area contributed by atoms with E-state index in [4.69, 9.17) is 0 Å². The van der Waals surface area contributed by atoms with Gasteiger partial charge in [0.1, 0.15) is 12.1 Å². The quantitative estimate of drug-likeness (QED) is 0.731. The van der Waals surface area contributed by atoms with Gasteiger partial charge in [0, 0.05) is 6.42 Å². The summed E-state index contributed by atoms with van der Waals surface area (Å²) in [5.41, 5.74) is 0.910. The summed E-state index contributed by atoms with van der Waals surface area (Å²) in [6, 6.07) is 8.53. The normalized spacial score (nSPS) is 13.3. The Labute approximate surface area is 118 Å². The highest BCUT2D eigenvalue weighted by Gasteiger charge is 2.24. The van der Waals surface area contributed by atoms with E-state index in [9.17, 15) is 14.7 Å². The van der Waals surface area contributed by atoms with Crippen molar-refractivity contribution in [3.05, 3.63) is 35.9 Å². The Balaban J connectivity index is 2.70. The standard InChI is InChI=1S/C15H21NO4/c1-3-7-13(17)14(18)16-12(15(19)20-2)10-11-8-5-4-6-9-11/h4-6,8-9,12-13,17H,3,7,10H2,1-2H3,(H,16,18)/t12-,13?/m0/s1. The van der Waals surface area contributed by atoms with Gasteiger partial charge >= 0.3 is 5.97 Å². The molecular weight excluding hydrogens is 258 g/mol. The molecule has 20 heavy (non-hydrogen) atoms. The molecule has 1 aromatic carbocycles. The second-order valence-electron chi connectivity index (χ2n) is 4.58. The van der Waals surface area contributed by atoms with E-state index in [0.717, 1.165) is 5.56 Å². The van der Waals surface area contributed by atoms with E-state index in [-0.39, 0.29) is 0 Å². The summed E-state index contributed by atoms with van der Waals surface area (Å²) in [6.45, 7) is 1.87. The fourth-order valence-corrected chi connectivity index (χ4v) is 1.86. The van der Waals surface area contributed by atoms with Crippen LogP contribution in [-0.2, 0) is 20.7 Å². The number of methoxy groups -OCH3 is 1. The topological polar surface area (TPSA) is 75.6 Å². The second kappa shape index (κ2) is 8.32. The van der Waals surface area contributed by atoms with E-state index in [2.05, 4.69) is 10.1 Å². The molecule has 2 atom stereocenters. The van der Waals surface area contributed by atoms with E-state index in [0.29, 0.717) is 19.3 Å².